The highest BCUT2D eigenvalue weighted by molar-refractivity contribution is 5.97. The van der Waals surface area contributed by atoms with Gasteiger partial charge in [-0.1, -0.05) is 35.4 Å². The van der Waals surface area contributed by atoms with Crippen molar-refractivity contribution in [2.24, 2.45) is 23.7 Å². The number of amides is 1. The molecule has 0 radical (unpaired) electrons. The highest BCUT2D eigenvalue weighted by Crippen LogP contribution is 2.53. The van der Waals surface area contributed by atoms with Gasteiger partial charge in [0.05, 0.1) is 11.8 Å². The van der Waals surface area contributed by atoms with Crippen molar-refractivity contribution in [3.8, 4) is 0 Å². The standard InChI is InChI=1S/C20H23NO3/c1-10(2)16-13-8-9-14(16)18(20(23)24)17(13)19(22)21-15-7-5-6-11(3)12(15)4/h5-9,13-14,17-18H,1-4H3,(H,21,22)(H,23,24)/t13-,14-,17+,18+/m0/s1. The number of carboxylic acids is 1. The van der Waals surface area contributed by atoms with Crippen molar-refractivity contribution in [1.82, 2.24) is 0 Å². The van der Waals surface area contributed by atoms with E-state index in [-0.39, 0.29) is 17.7 Å². The molecule has 1 aromatic rings. The fraction of sp³-hybridized carbons (Fsp3) is 0.400. The number of carbonyl (C=O) groups excluding carboxylic acids is 1. The second-order valence-electron chi connectivity index (χ2n) is 7.02. The summed E-state index contributed by atoms with van der Waals surface area (Å²) in [7, 11) is 0. The van der Waals surface area contributed by atoms with Crippen LogP contribution in [0.15, 0.2) is 41.5 Å². The number of rotatable bonds is 3. The molecule has 4 atom stereocenters. The van der Waals surface area contributed by atoms with Crippen LogP contribution in [0.2, 0.25) is 0 Å². The van der Waals surface area contributed by atoms with Gasteiger partial charge in [-0.2, -0.15) is 0 Å². The predicted octanol–water partition coefficient (Wildman–Crippen LogP) is 3.71. The topological polar surface area (TPSA) is 66.4 Å². The molecule has 1 aromatic carbocycles. The smallest absolute Gasteiger partial charge is 0.308 e. The first-order chi connectivity index (χ1) is 11.3. The van der Waals surface area contributed by atoms with Gasteiger partial charge in [-0.3, -0.25) is 9.59 Å². The van der Waals surface area contributed by atoms with E-state index in [1.807, 2.05) is 58.0 Å². The van der Waals surface area contributed by atoms with E-state index < -0.39 is 17.8 Å². The molecule has 2 aliphatic rings. The molecule has 2 N–H and O–H groups in total. The molecule has 0 saturated heterocycles. The highest BCUT2D eigenvalue weighted by Gasteiger charge is 2.54. The first-order valence-corrected chi connectivity index (χ1v) is 8.28. The number of hydrogen-bond donors (Lipinski definition) is 2. The molecule has 126 valence electrons. The Hall–Kier alpha value is -2.36. The van der Waals surface area contributed by atoms with Gasteiger partial charge in [-0.05, 0) is 44.9 Å². The zero-order valence-electron chi connectivity index (χ0n) is 14.5. The Labute approximate surface area is 142 Å². The van der Waals surface area contributed by atoms with Crippen LogP contribution < -0.4 is 5.32 Å². The van der Waals surface area contributed by atoms with Gasteiger partial charge in [-0.15, -0.1) is 0 Å². The first kappa shape index (κ1) is 16.5. The summed E-state index contributed by atoms with van der Waals surface area (Å²) in [6.07, 6.45) is 3.95. The van der Waals surface area contributed by atoms with Crippen molar-refractivity contribution in [1.29, 1.82) is 0 Å². The molecule has 1 fully saturated rings. The fourth-order valence-corrected chi connectivity index (χ4v) is 4.14. The SMILES string of the molecule is CC(C)=C1[C@@H]2C=C[C@@H]1[C@@H](C(=O)Nc1cccc(C)c1C)[C@@H]2C(=O)O. The molecule has 1 saturated carbocycles. The second kappa shape index (κ2) is 5.93. The third kappa shape index (κ3) is 2.46. The van der Waals surface area contributed by atoms with Gasteiger partial charge in [0.1, 0.15) is 0 Å². The van der Waals surface area contributed by atoms with Crippen LogP contribution >= 0.6 is 0 Å². The van der Waals surface area contributed by atoms with E-state index in [4.69, 9.17) is 0 Å². The van der Waals surface area contributed by atoms with Gasteiger partial charge in [0.2, 0.25) is 5.91 Å². The molecule has 3 rings (SSSR count). The molecule has 0 spiro atoms. The second-order valence-corrected chi connectivity index (χ2v) is 7.02. The summed E-state index contributed by atoms with van der Waals surface area (Å²) in [5.74, 6) is -2.60. The van der Waals surface area contributed by atoms with Gasteiger partial charge in [0.25, 0.3) is 0 Å². The van der Waals surface area contributed by atoms with Crippen LogP contribution in [-0.4, -0.2) is 17.0 Å². The summed E-state index contributed by atoms with van der Waals surface area (Å²) in [5.41, 5.74) is 5.08. The van der Waals surface area contributed by atoms with Crippen molar-refractivity contribution >= 4 is 17.6 Å². The van der Waals surface area contributed by atoms with E-state index in [0.717, 1.165) is 28.0 Å². The van der Waals surface area contributed by atoms with Crippen LogP contribution in [0.5, 0.6) is 0 Å². The average Bonchev–Trinajstić information content (AvgIpc) is 3.07. The zero-order chi connectivity index (χ0) is 17.6. The molecular weight excluding hydrogens is 302 g/mol. The molecule has 4 nitrogen and oxygen atoms in total. The summed E-state index contributed by atoms with van der Waals surface area (Å²) in [6, 6.07) is 5.75. The third-order valence-electron chi connectivity index (χ3n) is 5.43. The Morgan fingerprint density at radius 3 is 2.25 bits per heavy atom. The number of aryl methyl sites for hydroxylation is 1. The van der Waals surface area contributed by atoms with Crippen LogP contribution in [0.3, 0.4) is 0 Å². The molecule has 0 aromatic heterocycles. The minimum Gasteiger partial charge on any atom is -0.481 e. The van der Waals surface area contributed by atoms with Crippen LogP contribution in [0, 0.1) is 37.5 Å². The number of allylic oxidation sites excluding steroid dienone is 4. The lowest BCUT2D eigenvalue weighted by Crippen LogP contribution is -2.36. The number of benzene rings is 1. The minimum absolute atomic E-state index is 0.105. The lowest BCUT2D eigenvalue weighted by molar-refractivity contribution is -0.146. The van der Waals surface area contributed by atoms with E-state index in [1.54, 1.807) is 0 Å². The quantitative estimate of drug-likeness (QED) is 0.833. The van der Waals surface area contributed by atoms with Crippen LogP contribution in [0.1, 0.15) is 25.0 Å². The maximum absolute atomic E-state index is 12.9. The number of hydrogen-bond acceptors (Lipinski definition) is 2. The van der Waals surface area contributed by atoms with E-state index in [0.29, 0.717) is 0 Å². The van der Waals surface area contributed by atoms with Gasteiger partial charge in [0, 0.05) is 17.5 Å². The molecule has 1 amide bonds. The van der Waals surface area contributed by atoms with E-state index in [1.165, 1.54) is 0 Å². The van der Waals surface area contributed by atoms with Crippen molar-refractivity contribution in [2.75, 3.05) is 5.32 Å². The molecule has 0 aliphatic heterocycles. The lowest BCUT2D eigenvalue weighted by Gasteiger charge is -2.24. The molecule has 24 heavy (non-hydrogen) atoms. The molecule has 0 unspecified atom stereocenters. The van der Waals surface area contributed by atoms with Gasteiger partial charge in [0.15, 0.2) is 0 Å². The van der Waals surface area contributed by atoms with E-state index in [9.17, 15) is 14.7 Å². The maximum Gasteiger partial charge on any atom is 0.308 e. The van der Waals surface area contributed by atoms with Gasteiger partial charge < -0.3 is 10.4 Å². The predicted molar refractivity (Wildman–Crippen MR) is 93.7 cm³/mol. The van der Waals surface area contributed by atoms with Crippen LogP contribution in [0.4, 0.5) is 5.69 Å². The summed E-state index contributed by atoms with van der Waals surface area (Å²) < 4.78 is 0. The fourth-order valence-electron chi connectivity index (χ4n) is 4.14. The summed E-state index contributed by atoms with van der Waals surface area (Å²) in [4.78, 5) is 24.7. The number of carbonyl (C=O) groups is 2. The van der Waals surface area contributed by atoms with Crippen LogP contribution in [0.25, 0.3) is 0 Å². The molecule has 4 heteroatoms. The lowest BCUT2D eigenvalue weighted by atomic mass is 9.82. The minimum atomic E-state index is -0.897. The summed E-state index contributed by atoms with van der Waals surface area (Å²) >= 11 is 0. The Kier molecular flexibility index (Phi) is 4.08. The van der Waals surface area contributed by atoms with Crippen molar-refractivity contribution in [3.63, 3.8) is 0 Å². The molecule has 2 bridgehead atoms. The highest BCUT2D eigenvalue weighted by atomic mass is 16.4. The number of fused-ring (bicyclic) bond motifs is 2. The maximum atomic E-state index is 12.9. The molecule has 2 aliphatic carbocycles. The van der Waals surface area contributed by atoms with E-state index >= 15 is 0 Å². The summed E-state index contributed by atoms with van der Waals surface area (Å²) in [6.45, 7) is 7.94. The Morgan fingerprint density at radius 1 is 1.04 bits per heavy atom. The number of anilines is 1. The largest absolute Gasteiger partial charge is 0.481 e. The Balaban J connectivity index is 1.94. The average molecular weight is 325 g/mol. The summed E-state index contributed by atoms with van der Waals surface area (Å²) in [5, 5.41) is 12.6. The van der Waals surface area contributed by atoms with Gasteiger partial charge >= 0.3 is 5.97 Å². The molecular formula is C20H23NO3. The molecule has 0 heterocycles. The number of carboxylic acid groups (broad SMARTS) is 1. The van der Waals surface area contributed by atoms with Crippen molar-refractivity contribution in [3.05, 3.63) is 52.6 Å². The normalized spacial score (nSPS) is 27.4. The Bertz CT molecular complexity index is 771. The Morgan fingerprint density at radius 2 is 1.67 bits per heavy atom. The first-order valence-electron chi connectivity index (χ1n) is 8.28. The zero-order valence-corrected chi connectivity index (χ0v) is 14.5. The van der Waals surface area contributed by atoms with Crippen molar-refractivity contribution < 1.29 is 14.7 Å². The number of aliphatic carboxylic acids is 1. The van der Waals surface area contributed by atoms with Crippen molar-refractivity contribution in [2.45, 2.75) is 27.7 Å². The number of nitrogens with one attached hydrogen (secondary N) is 1. The van der Waals surface area contributed by atoms with E-state index in [2.05, 4.69) is 5.32 Å². The van der Waals surface area contributed by atoms with Gasteiger partial charge in [-0.25, -0.2) is 0 Å². The third-order valence-corrected chi connectivity index (χ3v) is 5.43. The van der Waals surface area contributed by atoms with Crippen LogP contribution in [-0.2, 0) is 9.59 Å². The monoisotopic (exact) mass is 325 g/mol.